The monoisotopic (exact) mass is 389 g/mol. The van der Waals surface area contributed by atoms with Crippen LogP contribution in [0, 0.1) is 10.1 Å². The first kappa shape index (κ1) is 18.0. The van der Waals surface area contributed by atoms with E-state index in [1.54, 1.807) is 19.3 Å². The standard InChI is InChI=1S/C17H12ClN3O4S/c1-25-14-5-3-2-4-10(14)8-15-16(22)20-17(26-15)19-12-7-6-11(18)9-13(12)21(23)24/h2-9H,1H3,(H,19,20,22)/b15-8+. The molecule has 26 heavy (non-hydrogen) atoms. The molecule has 1 heterocycles. The molecule has 1 aliphatic rings. The van der Waals surface area contributed by atoms with E-state index in [-0.39, 0.29) is 27.5 Å². The normalized spacial score (nSPS) is 16.8. The number of ether oxygens (including phenoxy) is 1. The lowest BCUT2D eigenvalue weighted by Gasteiger charge is -2.03. The van der Waals surface area contributed by atoms with E-state index >= 15 is 0 Å². The number of hydrogen-bond donors (Lipinski definition) is 1. The van der Waals surface area contributed by atoms with Gasteiger partial charge in [0.2, 0.25) is 0 Å². The maximum absolute atomic E-state index is 12.2. The Hall–Kier alpha value is -2.84. The highest BCUT2D eigenvalue weighted by Crippen LogP contribution is 2.34. The Labute approximate surface area is 157 Å². The van der Waals surface area contributed by atoms with E-state index in [0.717, 1.165) is 17.3 Å². The van der Waals surface area contributed by atoms with Crippen LogP contribution in [0.1, 0.15) is 5.56 Å². The zero-order chi connectivity index (χ0) is 18.7. The molecule has 132 valence electrons. The number of thioether (sulfide) groups is 1. The van der Waals surface area contributed by atoms with E-state index in [0.29, 0.717) is 10.7 Å². The fourth-order valence-corrected chi connectivity index (χ4v) is 3.25. The predicted molar refractivity (Wildman–Crippen MR) is 102 cm³/mol. The minimum Gasteiger partial charge on any atom is -0.496 e. The van der Waals surface area contributed by atoms with Gasteiger partial charge in [0.1, 0.15) is 11.4 Å². The van der Waals surface area contributed by atoms with Gasteiger partial charge in [0.25, 0.3) is 11.6 Å². The minimum absolute atomic E-state index is 0.112. The number of carbonyl (C=O) groups is 1. The minimum atomic E-state index is -0.571. The zero-order valence-corrected chi connectivity index (χ0v) is 15.0. The molecule has 1 fully saturated rings. The lowest BCUT2D eigenvalue weighted by molar-refractivity contribution is -0.384. The van der Waals surface area contributed by atoms with Crippen LogP contribution >= 0.6 is 23.4 Å². The summed E-state index contributed by atoms with van der Waals surface area (Å²) in [5, 5.41) is 14.2. The highest BCUT2D eigenvalue weighted by Gasteiger charge is 2.25. The number of carbonyl (C=O) groups excluding carboxylic acids is 1. The Kier molecular flexibility index (Phi) is 5.24. The molecule has 0 spiro atoms. The van der Waals surface area contributed by atoms with Crippen LogP contribution in [0.4, 0.5) is 11.4 Å². The van der Waals surface area contributed by atoms with Crippen LogP contribution in [0.2, 0.25) is 5.02 Å². The van der Waals surface area contributed by atoms with Gasteiger partial charge in [-0.2, -0.15) is 0 Å². The molecule has 0 bridgehead atoms. The Morgan fingerprint density at radius 3 is 2.81 bits per heavy atom. The largest absolute Gasteiger partial charge is 0.496 e. The van der Waals surface area contributed by atoms with Gasteiger partial charge in [0, 0.05) is 16.7 Å². The van der Waals surface area contributed by atoms with E-state index in [9.17, 15) is 14.9 Å². The second-order valence-corrected chi connectivity index (χ2v) is 6.58. The number of methoxy groups -OCH3 is 1. The van der Waals surface area contributed by atoms with Crippen molar-refractivity contribution in [1.82, 2.24) is 5.32 Å². The molecular formula is C17H12ClN3O4S. The molecule has 0 aromatic heterocycles. The van der Waals surface area contributed by atoms with Crippen molar-refractivity contribution in [3.8, 4) is 5.75 Å². The second-order valence-electron chi connectivity index (χ2n) is 5.11. The van der Waals surface area contributed by atoms with Gasteiger partial charge >= 0.3 is 0 Å². The number of hydrogen-bond acceptors (Lipinski definition) is 6. The fourth-order valence-electron chi connectivity index (χ4n) is 2.25. The van der Waals surface area contributed by atoms with Gasteiger partial charge in [-0.25, -0.2) is 4.99 Å². The van der Waals surface area contributed by atoms with Gasteiger partial charge in [-0.1, -0.05) is 29.8 Å². The number of rotatable bonds is 4. The Morgan fingerprint density at radius 1 is 1.31 bits per heavy atom. The van der Waals surface area contributed by atoms with Crippen LogP contribution in [-0.4, -0.2) is 23.1 Å². The molecule has 0 aliphatic carbocycles. The molecule has 0 saturated carbocycles. The maximum atomic E-state index is 12.2. The van der Waals surface area contributed by atoms with E-state index in [1.165, 1.54) is 18.2 Å². The first-order valence-corrected chi connectivity index (χ1v) is 8.54. The smallest absolute Gasteiger partial charge is 0.296 e. The molecule has 1 aliphatic heterocycles. The number of nitrogens with zero attached hydrogens (tertiary/aromatic N) is 2. The van der Waals surface area contributed by atoms with Crippen molar-refractivity contribution < 1.29 is 14.5 Å². The molecular weight excluding hydrogens is 378 g/mol. The summed E-state index contributed by atoms with van der Waals surface area (Å²) in [5.41, 5.74) is 0.620. The fraction of sp³-hybridized carbons (Fsp3) is 0.0588. The van der Waals surface area contributed by atoms with Crippen LogP contribution in [0.5, 0.6) is 5.75 Å². The van der Waals surface area contributed by atoms with Crippen molar-refractivity contribution >= 4 is 51.9 Å². The molecule has 7 nitrogen and oxygen atoms in total. The number of para-hydroxylation sites is 1. The quantitative estimate of drug-likeness (QED) is 0.481. The molecule has 9 heteroatoms. The molecule has 0 unspecified atom stereocenters. The lowest BCUT2D eigenvalue weighted by atomic mass is 10.2. The van der Waals surface area contributed by atoms with Gasteiger partial charge < -0.3 is 10.1 Å². The summed E-state index contributed by atoms with van der Waals surface area (Å²) in [4.78, 5) is 27.3. The van der Waals surface area contributed by atoms with E-state index < -0.39 is 4.92 Å². The van der Waals surface area contributed by atoms with Crippen LogP contribution in [0.25, 0.3) is 6.08 Å². The summed E-state index contributed by atoms with van der Waals surface area (Å²) in [5.74, 6) is 0.295. The number of aliphatic imine (C=N–C) groups is 1. The molecule has 1 amide bonds. The van der Waals surface area contributed by atoms with E-state index in [2.05, 4.69) is 10.3 Å². The highest BCUT2D eigenvalue weighted by molar-refractivity contribution is 8.18. The summed E-state index contributed by atoms with van der Waals surface area (Å²) in [6, 6.07) is 11.4. The number of nitro groups is 1. The topological polar surface area (TPSA) is 93.8 Å². The van der Waals surface area contributed by atoms with Gasteiger partial charge in [0.15, 0.2) is 5.17 Å². The zero-order valence-electron chi connectivity index (χ0n) is 13.4. The van der Waals surface area contributed by atoms with Crippen LogP contribution < -0.4 is 10.1 Å². The van der Waals surface area contributed by atoms with Gasteiger partial charge in [-0.15, -0.1) is 0 Å². The predicted octanol–water partition coefficient (Wildman–Crippen LogP) is 4.15. The third-order valence-electron chi connectivity index (χ3n) is 3.43. The van der Waals surface area contributed by atoms with E-state index in [4.69, 9.17) is 16.3 Å². The van der Waals surface area contributed by atoms with Gasteiger partial charge in [-0.3, -0.25) is 14.9 Å². The average molecular weight is 390 g/mol. The lowest BCUT2D eigenvalue weighted by Crippen LogP contribution is -2.19. The third-order valence-corrected chi connectivity index (χ3v) is 4.58. The van der Waals surface area contributed by atoms with Crippen molar-refractivity contribution in [3.63, 3.8) is 0 Å². The second kappa shape index (κ2) is 7.59. The average Bonchev–Trinajstić information content (AvgIpc) is 2.96. The van der Waals surface area contributed by atoms with Crippen molar-refractivity contribution in [1.29, 1.82) is 0 Å². The number of halogens is 1. The number of benzene rings is 2. The number of amidine groups is 1. The number of nitro benzene ring substituents is 1. The molecule has 1 saturated heterocycles. The Bertz CT molecular complexity index is 959. The molecule has 2 aromatic rings. The summed E-state index contributed by atoms with van der Waals surface area (Å²) >= 11 is 6.89. The molecule has 1 N–H and O–H groups in total. The van der Waals surface area contributed by atoms with Crippen LogP contribution in [0.3, 0.4) is 0 Å². The SMILES string of the molecule is COc1ccccc1/C=C1/SC(=Nc2ccc(Cl)cc2[N+](=O)[O-])NC1=O. The first-order valence-electron chi connectivity index (χ1n) is 7.34. The van der Waals surface area contributed by atoms with Crippen LogP contribution in [-0.2, 0) is 4.79 Å². The number of amides is 1. The summed E-state index contributed by atoms with van der Waals surface area (Å²) in [7, 11) is 1.55. The highest BCUT2D eigenvalue weighted by atomic mass is 35.5. The molecule has 3 rings (SSSR count). The van der Waals surface area contributed by atoms with Gasteiger partial charge in [-0.05, 0) is 36.0 Å². The van der Waals surface area contributed by atoms with Crippen LogP contribution in [0.15, 0.2) is 52.4 Å². The van der Waals surface area contributed by atoms with Crippen molar-refractivity contribution in [2.24, 2.45) is 4.99 Å². The Morgan fingerprint density at radius 2 is 2.08 bits per heavy atom. The van der Waals surface area contributed by atoms with Crippen molar-refractivity contribution in [3.05, 3.63) is 68.1 Å². The van der Waals surface area contributed by atoms with E-state index in [1.807, 2.05) is 18.2 Å². The van der Waals surface area contributed by atoms with Crippen molar-refractivity contribution in [2.75, 3.05) is 7.11 Å². The first-order chi connectivity index (χ1) is 12.5. The summed E-state index contributed by atoms with van der Waals surface area (Å²) in [6.45, 7) is 0. The molecule has 2 aromatic carbocycles. The molecule has 0 radical (unpaired) electrons. The third kappa shape index (κ3) is 3.87. The summed E-state index contributed by atoms with van der Waals surface area (Å²) in [6.07, 6.45) is 1.68. The van der Waals surface area contributed by atoms with Gasteiger partial charge in [0.05, 0.1) is 16.9 Å². The molecule has 0 atom stereocenters. The Balaban J connectivity index is 1.92. The maximum Gasteiger partial charge on any atom is 0.296 e. The number of nitrogens with one attached hydrogen (secondary N) is 1. The summed E-state index contributed by atoms with van der Waals surface area (Å²) < 4.78 is 5.26. The van der Waals surface area contributed by atoms with Crippen molar-refractivity contribution in [2.45, 2.75) is 0 Å².